The van der Waals surface area contributed by atoms with E-state index in [9.17, 15) is 18.0 Å². The van der Waals surface area contributed by atoms with Gasteiger partial charge < -0.3 is 11.1 Å². The van der Waals surface area contributed by atoms with Crippen LogP contribution >= 0.6 is 0 Å². The minimum Gasteiger partial charge on any atom is -0.399 e. The molecule has 6 heteroatoms. The van der Waals surface area contributed by atoms with Gasteiger partial charge in [0.25, 0.3) is 5.91 Å². The maximum atomic E-state index is 13.4. The Morgan fingerprint density at radius 1 is 1.05 bits per heavy atom. The molecule has 2 aromatic rings. The minimum absolute atomic E-state index is 0.158. The molecule has 0 aliphatic carbocycles. The van der Waals surface area contributed by atoms with Crippen molar-refractivity contribution in [2.45, 2.75) is 6.92 Å². The standard InChI is InChI=1S/C14H11F3N2O/c1-7-2-8(4-10(18)3-7)14(20)19-13-11(16)5-9(15)6-12(13)17/h2-6H,18H2,1H3,(H,19,20). The summed E-state index contributed by atoms with van der Waals surface area (Å²) < 4.78 is 39.6. The fourth-order valence-corrected chi connectivity index (χ4v) is 1.79. The molecule has 0 atom stereocenters. The fraction of sp³-hybridized carbons (Fsp3) is 0.0714. The molecule has 1 amide bonds. The Morgan fingerprint density at radius 2 is 1.65 bits per heavy atom. The molecule has 2 aromatic carbocycles. The number of aryl methyl sites for hydroxylation is 1. The van der Waals surface area contributed by atoms with Crippen LogP contribution < -0.4 is 11.1 Å². The molecule has 0 aromatic heterocycles. The number of hydrogen-bond acceptors (Lipinski definition) is 2. The first kappa shape index (κ1) is 13.9. The normalized spacial score (nSPS) is 10.4. The summed E-state index contributed by atoms with van der Waals surface area (Å²) >= 11 is 0. The number of carbonyl (C=O) groups excluding carboxylic acids is 1. The van der Waals surface area contributed by atoms with Crippen LogP contribution in [-0.2, 0) is 0 Å². The summed E-state index contributed by atoms with van der Waals surface area (Å²) in [5, 5.41) is 2.07. The second kappa shape index (κ2) is 5.24. The van der Waals surface area contributed by atoms with Crippen molar-refractivity contribution < 1.29 is 18.0 Å². The van der Waals surface area contributed by atoms with E-state index in [2.05, 4.69) is 5.32 Å². The highest BCUT2D eigenvalue weighted by molar-refractivity contribution is 6.05. The zero-order chi connectivity index (χ0) is 14.9. The first-order valence-electron chi connectivity index (χ1n) is 5.70. The Morgan fingerprint density at radius 3 is 2.20 bits per heavy atom. The van der Waals surface area contributed by atoms with Gasteiger partial charge in [0, 0.05) is 23.4 Å². The summed E-state index contributed by atoms with van der Waals surface area (Å²) in [7, 11) is 0. The first-order chi connectivity index (χ1) is 9.36. The zero-order valence-electron chi connectivity index (χ0n) is 10.5. The van der Waals surface area contributed by atoms with Crippen LogP contribution in [0.25, 0.3) is 0 Å². The van der Waals surface area contributed by atoms with Crippen molar-refractivity contribution in [3.63, 3.8) is 0 Å². The number of nitrogen functional groups attached to an aromatic ring is 1. The van der Waals surface area contributed by atoms with Crippen molar-refractivity contribution in [3.05, 3.63) is 58.9 Å². The van der Waals surface area contributed by atoms with Crippen molar-refractivity contribution in [2.75, 3.05) is 11.1 Å². The number of rotatable bonds is 2. The number of hydrogen-bond donors (Lipinski definition) is 2. The van der Waals surface area contributed by atoms with Gasteiger partial charge in [-0.3, -0.25) is 4.79 Å². The molecule has 0 aliphatic rings. The van der Waals surface area contributed by atoms with Gasteiger partial charge >= 0.3 is 0 Å². The van der Waals surface area contributed by atoms with Crippen molar-refractivity contribution in [2.24, 2.45) is 0 Å². The Hall–Kier alpha value is -2.50. The third-order valence-corrected chi connectivity index (χ3v) is 2.61. The van der Waals surface area contributed by atoms with Crippen molar-refractivity contribution >= 4 is 17.3 Å². The van der Waals surface area contributed by atoms with E-state index in [1.54, 1.807) is 13.0 Å². The fourth-order valence-electron chi connectivity index (χ4n) is 1.79. The quantitative estimate of drug-likeness (QED) is 0.830. The lowest BCUT2D eigenvalue weighted by molar-refractivity contribution is 0.102. The molecule has 0 saturated heterocycles. The highest BCUT2D eigenvalue weighted by atomic mass is 19.1. The van der Waals surface area contributed by atoms with Gasteiger partial charge in [0.1, 0.15) is 11.5 Å². The van der Waals surface area contributed by atoms with E-state index in [1.807, 2.05) is 0 Å². The number of anilines is 2. The molecule has 0 fully saturated rings. The average molecular weight is 280 g/mol. The van der Waals surface area contributed by atoms with Crippen LogP contribution in [0.4, 0.5) is 24.5 Å². The highest BCUT2D eigenvalue weighted by Gasteiger charge is 2.15. The molecule has 0 aliphatic heterocycles. The summed E-state index contributed by atoms with van der Waals surface area (Å²) in [5.41, 5.74) is 6.14. The molecule has 3 N–H and O–H groups in total. The summed E-state index contributed by atoms with van der Waals surface area (Å²) in [6, 6.07) is 5.52. The summed E-state index contributed by atoms with van der Waals surface area (Å²) in [4.78, 5) is 11.9. The SMILES string of the molecule is Cc1cc(N)cc(C(=O)Nc2c(F)cc(F)cc2F)c1. The van der Waals surface area contributed by atoms with Gasteiger partial charge in [-0.2, -0.15) is 0 Å². The van der Waals surface area contributed by atoms with E-state index in [1.165, 1.54) is 12.1 Å². The smallest absolute Gasteiger partial charge is 0.255 e. The Kier molecular flexibility index (Phi) is 3.65. The minimum atomic E-state index is -1.18. The zero-order valence-corrected chi connectivity index (χ0v) is 10.5. The van der Waals surface area contributed by atoms with Crippen LogP contribution in [0.15, 0.2) is 30.3 Å². The van der Waals surface area contributed by atoms with Crippen molar-refractivity contribution in [1.82, 2.24) is 0 Å². The van der Waals surface area contributed by atoms with E-state index in [4.69, 9.17) is 5.73 Å². The number of carbonyl (C=O) groups is 1. The molecule has 3 nitrogen and oxygen atoms in total. The molecule has 0 spiro atoms. The average Bonchev–Trinajstić information content (AvgIpc) is 2.32. The van der Waals surface area contributed by atoms with Gasteiger partial charge in [0.15, 0.2) is 11.6 Å². The van der Waals surface area contributed by atoms with Gasteiger partial charge in [-0.05, 0) is 30.7 Å². The molecule has 0 unspecified atom stereocenters. The summed E-state index contributed by atoms with van der Waals surface area (Å²) in [5.74, 6) is -4.16. The third kappa shape index (κ3) is 2.90. The summed E-state index contributed by atoms with van der Waals surface area (Å²) in [6.07, 6.45) is 0. The maximum Gasteiger partial charge on any atom is 0.255 e. The third-order valence-electron chi connectivity index (χ3n) is 2.61. The van der Waals surface area contributed by atoms with Gasteiger partial charge in [-0.15, -0.1) is 0 Å². The Balaban J connectivity index is 2.32. The predicted octanol–water partition coefficient (Wildman–Crippen LogP) is 3.25. The monoisotopic (exact) mass is 280 g/mol. The summed E-state index contributed by atoms with van der Waals surface area (Å²) in [6.45, 7) is 1.73. The maximum absolute atomic E-state index is 13.4. The number of nitrogens with one attached hydrogen (secondary N) is 1. The highest BCUT2D eigenvalue weighted by Crippen LogP contribution is 2.21. The van der Waals surface area contributed by atoms with E-state index >= 15 is 0 Å². The van der Waals surface area contributed by atoms with Crippen LogP contribution in [-0.4, -0.2) is 5.91 Å². The largest absolute Gasteiger partial charge is 0.399 e. The van der Waals surface area contributed by atoms with Gasteiger partial charge in [0.2, 0.25) is 0 Å². The van der Waals surface area contributed by atoms with E-state index < -0.39 is 29.0 Å². The van der Waals surface area contributed by atoms with E-state index in [0.717, 1.165) is 5.56 Å². The molecular weight excluding hydrogens is 269 g/mol. The molecule has 0 saturated carbocycles. The molecule has 2 rings (SSSR count). The van der Waals surface area contributed by atoms with Gasteiger partial charge in [-0.25, -0.2) is 13.2 Å². The molecular formula is C14H11F3N2O. The van der Waals surface area contributed by atoms with Crippen LogP contribution in [0, 0.1) is 24.4 Å². The second-order valence-electron chi connectivity index (χ2n) is 4.33. The number of nitrogens with two attached hydrogens (primary N) is 1. The van der Waals surface area contributed by atoms with Crippen LogP contribution in [0.2, 0.25) is 0 Å². The second-order valence-corrected chi connectivity index (χ2v) is 4.33. The first-order valence-corrected chi connectivity index (χ1v) is 5.70. The molecule has 0 bridgehead atoms. The Labute approximate surface area is 113 Å². The Bertz CT molecular complexity index is 643. The van der Waals surface area contributed by atoms with Crippen LogP contribution in [0.1, 0.15) is 15.9 Å². The lowest BCUT2D eigenvalue weighted by atomic mass is 10.1. The van der Waals surface area contributed by atoms with E-state index in [-0.39, 0.29) is 5.56 Å². The molecule has 104 valence electrons. The number of halogens is 3. The topological polar surface area (TPSA) is 55.1 Å². The van der Waals surface area contributed by atoms with E-state index in [0.29, 0.717) is 17.8 Å². The van der Waals surface area contributed by atoms with Crippen molar-refractivity contribution in [3.8, 4) is 0 Å². The number of benzene rings is 2. The molecule has 0 radical (unpaired) electrons. The lowest BCUT2D eigenvalue weighted by Crippen LogP contribution is -2.15. The lowest BCUT2D eigenvalue weighted by Gasteiger charge is -2.09. The van der Waals surface area contributed by atoms with Crippen molar-refractivity contribution in [1.29, 1.82) is 0 Å². The van der Waals surface area contributed by atoms with Crippen LogP contribution in [0.3, 0.4) is 0 Å². The van der Waals surface area contributed by atoms with Gasteiger partial charge in [0.05, 0.1) is 0 Å². The predicted molar refractivity (Wildman–Crippen MR) is 69.9 cm³/mol. The van der Waals surface area contributed by atoms with Crippen LogP contribution in [0.5, 0.6) is 0 Å². The van der Waals surface area contributed by atoms with Gasteiger partial charge in [-0.1, -0.05) is 0 Å². The number of amides is 1. The molecule has 0 heterocycles. The molecule has 20 heavy (non-hydrogen) atoms.